The van der Waals surface area contributed by atoms with Gasteiger partial charge in [-0.3, -0.25) is 0 Å². The molecule has 3 aromatic rings. The first-order chi connectivity index (χ1) is 9.76. The van der Waals surface area contributed by atoms with E-state index in [9.17, 15) is 0 Å². The molecule has 0 unspecified atom stereocenters. The van der Waals surface area contributed by atoms with Crippen LogP contribution in [-0.4, -0.2) is 4.98 Å². The van der Waals surface area contributed by atoms with Crippen molar-refractivity contribution in [1.29, 1.82) is 0 Å². The van der Waals surface area contributed by atoms with Crippen molar-refractivity contribution in [3.05, 3.63) is 60.7 Å². The molecule has 0 aliphatic rings. The molecule has 1 heterocycles. The van der Waals surface area contributed by atoms with Gasteiger partial charge in [-0.15, -0.1) is 6.58 Å². The third-order valence-electron chi connectivity index (χ3n) is 2.92. The standard InChI is InChI=1S/C16H14N2OS/c1-2-5-11-10-12(17)8-9-14(11)19-16-18-13-6-3-4-7-15(13)20-16/h2-4,6-10H,1,5,17H2. The number of nitrogens with zero attached hydrogens (tertiary/aromatic N) is 1. The number of para-hydroxylation sites is 1. The molecule has 0 radical (unpaired) electrons. The number of nitrogen functional groups attached to an aromatic ring is 1. The van der Waals surface area contributed by atoms with Crippen LogP contribution in [0.15, 0.2) is 55.1 Å². The van der Waals surface area contributed by atoms with Crippen LogP contribution in [0.5, 0.6) is 10.9 Å². The minimum absolute atomic E-state index is 0.640. The van der Waals surface area contributed by atoms with Crippen LogP contribution in [-0.2, 0) is 6.42 Å². The molecule has 4 heteroatoms. The predicted octanol–water partition coefficient (Wildman–Crippen LogP) is 4.40. The van der Waals surface area contributed by atoms with E-state index in [-0.39, 0.29) is 0 Å². The van der Waals surface area contributed by atoms with Crippen molar-refractivity contribution in [2.75, 3.05) is 5.73 Å². The number of aromatic nitrogens is 1. The lowest BCUT2D eigenvalue weighted by Gasteiger charge is -2.08. The molecule has 0 spiro atoms. The van der Waals surface area contributed by atoms with E-state index < -0.39 is 0 Å². The maximum Gasteiger partial charge on any atom is 0.279 e. The molecular formula is C16H14N2OS. The van der Waals surface area contributed by atoms with Crippen LogP contribution in [0.3, 0.4) is 0 Å². The summed E-state index contributed by atoms with van der Waals surface area (Å²) in [6.07, 6.45) is 2.55. The Kier molecular flexibility index (Phi) is 3.39. The molecule has 0 saturated carbocycles. The molecule has 0 aliphatic heterocycles. The van der Waals surface area contributed by atoms with Crippen LogP contribution in [0.4, 0.5) is 5.69 Å². The van der Waals surface area contributed by atoms with Gasteiger partial charge >= 0.3 is 0 Å². The average Bonchev–Trinajstić information content (AvgIpc) is 2.84. The van der Waals surface area contributed by atoms with Crippen molar-refractivity contribution in [3.8, 4) is 10.9 Å². The number of ether oxygens (including phenoxy) is 1. The highest BCUT2D eigenvalue weighted by Gasteiger charge is 2.09. The minimum atomic E-state index is 0.640. The molecule has 2 aromatic carbocycles. The highest BCUT2D eigenvalue weighted by Crippen LogP contribution is 2.33. The zero-order valence-electron chi connectivity index (χ0n) is 10.9. The second-order valence-electron chi connectivity index (χ2n) is 4.41. The molecule has 0 amide bonds. The van der Waals surface area contributed by atoms with Gasteiger partial charge in [0.2, 0.25) is 0 Å². The quantitative estimate of drug-likeness (QED) is 0.570. The Balaban J connectivity index is 1.95. The first-order valence-electron chi connectivity index (χ1n) is 6.29. The number of nitrogens with two attached hydrogens (primary N) is 1. The lowest BCUT2D eigenvalue weighted by atomic mass is 10.1. The normalized spacial score (nSPS) is 10.6. The maximum atomic E-state index is 5.91. The summed E-state index contributed by atoms with van der Waals surface area (Å²) in [6.45, 7) is 3.76. The van der Waals surface area contributed by atoms with Crippen LogP contribution < -0.4 is 10.5 Å². The Morgan fingerprint density at radius 2 is 2.10 bits per heavy atom. The summed E-state index contributed by atoms with van der Waals surface area (Å²) in [7, 11) is 0. The van der Waals surface area contributed by atoms with E-state index in [0.29, 0.717) is 11.6 Å². The van der Waals surface area contributed by atoms with E-state index in [1.807, 2.05) is 48.5 Å². The second kappa shape index (κ2) is 5.35. The van der Waals surface area contributed by atoms with Gasteiger partial charge in [0, 0.05) is 11.3 Å². The molecule has 100 valence electrons. The van der Waals surface area contributed by atoms with E-state index in [1.54, 1.807) is 0 Å². The van der Waals surface area contributed by atoms with Crippen LogP contribution in [0.25, 0.3) is 10.2 Å². The van der Waals surface area contributed by atoms with Gasteiger partial charge < -0.3 is 10.5 Å². The minimum Gasteiger partial charge on any atom is -0.431 e. The van der Waals surface area contributed by atoms with Crippen molar-refractivity contribution in [2.45, 2.75) is 6.42 Å². The molecule has 3 nitrogen and oxygen atoms in total. The van der Waals surface area contributed by atoms with Crippen LogP contribution >= 0.6 is 11.3 Å². The molecular weight excluding hydrogens is 268 g/mol. The van der Waals surface area contributed by atoms with Crippen molar-refractivity contribution in [2.24, 2.45) is 0 Å². The monoisotopic (exact) mass is 282 g/mol. The largest absolute Gasteiger partial charge is 0.431 e. The number of fused-ring (bicyclic) bond motifs is 1. The van der Waals surface area contributed by atoms with Crippen molar-refractivity contribution in [3.63, 3.8) is 0 Å². The summed E-state index contributed by atoms with van der Waals surface area (Å²) < 4.78 is 7.02. The summed E-state index contributed by atoms with van der Waals surface area (Å²) >= 11 is 1.53. The Hall–Kier alpha value is -2.33. The summed E-state index contributed by atoms with van der Waals surface area (Å²) in [5, 5.41) is 0.640. The average molecular weight is 282 g/mol. The van der Waals surface area contributed by atoms with Gasteiger partial charge in [-0.25, -0.2) is 4.98 Å². The highest BCUT2D eigenvalue weighted by atomic mass is 32.1. The van der Waals surface area contributed by atoms with Gasteiger partial charge in [0.15, 0.2) is 0 Å². The lowest BCUT2D eigenvalue weighted by Crippen LogP contribution is -1.93. The van der Waals surface area contributed by atoms with Gasteiger partial charge in [0.05, 0.1) is 10.2 Å². The number of rotatable bonds is 4. The summed E-state index contributed by atoms with van der Waals surface area (Å²) in [5.41, 5.74) is 8.50. The van der Waals surface area contributed by atoms with Gasteiger partial charge in [-0.2, -0.15) is 0 Å². The van der Waals surface area contributed by atoms with Gasteiger partial charge in [0.25, 0.3) is 5.19 Å². The molecule has 0 bridgehead atoms. The summed E-state index contributed by atoms with van der Waals surface area (Å²) in [4.78, 5) is 4.47. The van der Waals surface area contributed by atoms with E-state index in [4.69, 9.17) is 10.5 Å². The van der Waals surface area contributed by atoms with Crippen molar-refractivity contribution >= 4 is 27.2 Å². The van der Waals surface area contributed by atoms with Crippen LogP contribution in [0.2, 0.25) is 0 Å². The maximum absolute atomic E-state index is 5.91. The van der Waals surface area contributed by atoms with Crippen molar-refractivity contribution in [1.82, 2.24) is 4.98 Å². The second-order valence-corrected chi connectivity index (χ2v) is 5.40. The molecule has 0 atom stereocenters. The van der Waals surface area contributed by atoms with Crippen LogP contribution in [0, 0.1) is 0 Å². The number of anilines is 1. The zero-order valence-corrected chi connectivity index (χ0v) is 11.7. The van der Waals surface area contributed by atoms with E-state index in [1.165, 1.54) is 11.3 Å². The predicted molar refractivity (Wildman–Crippen MR) is 84.4 cm³/mol. The highest BCUT2D eigenvalue weighted by molar-refractivity contribution is 7.20. The van der Waals surface area contributed by atoms with Crippen molar-refractivity contribution < 1.29 is 4.74 Å². The molecule has 0 fully saturated rings. The Labute approximate surface area is 121 Å². The first kappa shape index (κ1) is 12.7. The van der Waals surface area contributed by atoms with E-state index in [2.05, 4.69) is 11.6 Å². The van der Waals surface area contributed by atoms with Gasteiger partial charge in [-0.1, -0.05) is 29.5 Å². The molecule has 20 heavy (non-hydrogen) atoms. The fourth-order valence-corrected chi connectivity index (χ4v) is 2.83. The van der Waals surface area contributed by atoms with Gasteiger partial charge in [-0.05, 0) is 36.8 Å². The SMILES string of the molecule is C=CCc1cc(N)ccc1Oc1nc2ccccc2s1. The molecule has 0 aliphatic carbocycles. The smallest absolute Gasteiger partial charge is 0.279 e. The number of thiazole rings is 1. The Bertz CT molecular complexity index is 731. The Morgan fingerprint density at radius 3 is 2.90 bits per heavy atom. The molecule has 0 saturated heterocycles. The van der Waals surface area contributed by atoms with E-state index >= 15 is 0 Å². The Morgan fingerprint density at radius 1 is 1.25 bits per heavy atom. The molecule has 2 N–H and O–H groups in total. The molecule has 1 aromatic heterocycles. The summed E-state index contributed by atoms with van der Waals surface area (Å²) in [5.74, 6) is 0.776. The zero-order chi connectivity index (χ0) is 13.9. The first-order valence-corrected chi connectivity index (χ1v) is 7.10. The van der Waals surface area contributed by atoms with Gasteiger partial charge in [0.1, 0.15) is 5.75 Å². The topological polar surface area (TPSA) is 48.1 Å². The van der Waals surface area contributed by atoms with E-state index in [0.717, 1.165) is 27.2 Å². The number of allylic oxidation sites excluding steroid dienone is 1. The third-order valence-corrected chi connectivity index (χ3v) is 3.83. The fraction of sp³-hybridized carbons (Fsp3) is 0.0625. The third kappa shape index (κ3) is 2.51. The molecule has 3 rings (SSSR count). The lowest BCUT2D eigenvalue weighted by molar-refractivity contribution is 0.475. The fourth-order valence-electron chi connectivity index (χ4n) is 2.00. The number of hydrogen-bond acceptors (Lipinski definition) is 4. The van der Waals surface area contributed by atoms with Crippen LogP contribution in [0.1, 0.15) is 5.56 Å². The summed E-state index contributed by atoms with van der Waals surface area (Å²) in [6, 6.07) is 13.6. The number of hydrogen-bond donors (Lipinski definition) is 1. The number of benzene rings is 2.